The predicted octanol–water partition coefficient (Wildman–Crippen LogP) is 1.53. The van der Waals surface area contributed by atoms with E-state index < -0.39 is 24.3 Å². The maximum Gasteiger partial charge on any atom is 0.376 e. The second-order valence-corrected chi connectivity index (χ2v) is 2.87. The van der Waals surface area contributed by atoms with Gasteiger partial charge in [-0.3, -0.25) is 4.79 Å². The maximum absolute atomic E-state index is 12.9. The van der Waals surface area contributed by atoms with Crippen LogP contribution in [0.3, 0.4) is 0 Å². The molecule has 0 radical (unpaired) electrons. The van der Waals surface area contributed by atoms with E-state index in [0.29, 0.717) is 0 Å². The smallest absolute Gasteiger partial charge is 0.376 e. The van der Waals surface area contributed by atoms with Gasteiger partial charge < -0.3 is 9.47 Å². The minimum Gasteiger partial charge on any atom is -0.466 e. The summed E-state index contributed by atoms with van der Waals surface area (Å²) in [5.41, 5.74) is 0. The lowest BCUT2D eigenvalue weighted by Gasteiger charge is -2.13. The van der Waals surface area contributed by atoms with Crippen LogP contribution in [0.2, 0.25) is 0 Å². The molecule has 0 atom stereocenters. The Morgan fingerprint density at radius 3 is 2.33 bits per heavy atom. The van der Waals surface area contributed by atoms with Crippen LogP contribution in [0.15, 0.2) is 0 Å². The molecule has 0 unspecified atom stereocenters. The Labute approximate surface area is 86.5 Å². The molecule has 0 N–H and O–H groups in total. The van der Waals surface area contributed by atoms with Crippen molar-refractivity contribution in [1.82, 2.24) is 0 Å². The molecule has 0 fully saturated rings. The summed E-state index contributed by atoms with van der Waals surface area (Å²) in [5, 5.41) is 0. The molecule has 0 heterocycles. The van der Waals surface area contributed by atoms with E-state index in [9.17, 15) is 18.4 Å². The van der Waals surface area contributed by atoms with E-state index in [1.54, 1.807) is 0 Å². The molecule has 0 aliphatic carbocycles. The van der Waals surface area contributed by atoms with Crippen LogP contribution < -0.4 is 0 Å². The summed E-state index contributed by atoms with van der Waals surface area (Å²) in [7, 11) is 0. The molecule has 0 saturated carbocycles. The number of ether oxygens (including phenoxy) is 2. The summed E-state index contributed by atoms with van der Waals surface area (Å²) < 4.78 is 34.5. The summed E-state index contributed by atoms with van der Waals surface area (Å²) in [6.07, 6.45) is -0.759. The normalized spacial score (nSPS) is 10.9. The highest BCUT2D eigenvalue weighted by Crippen LogP contribution is 2.22. The van der Waals surface area contributed by atoms with Gasteiger partial charge in [0.15, 0.2) is 0 Å². The fraction of sp³-hybridized carbons (Fsp3) is 0.778. The van der Waals surface area contributed by atoms with E-state index in [4.69, 9.17) is 0 Å². The van der Waals surface area contributed by atoms with Crippen LogP contribution in [-0.4, -0.2) is 31.1 Å². The third-order valence-electron chi connectivity index (χ3n) is 1.51. The van der Waals surface area contributed by atoms with Crippen molar-refractivity contribution in [2.75, 3.05) is 13.2 Å². The first-order chi connectivity index (χ1) is 6.90. The van der Waals surface area contributed by atoms with Gasteiger partial charge in [-0.2, -0.15) is 8.78 Å². The van der Waals surface area contributed by atoms with Crippen LogP contribution in [0.4, 0.5) is 8.78 Å². The average molecular weight is 224 g/mol. The van der Waals surface area contributed by atoms with Crippen LogP contribution >= 0.6 is 0 Å². The first kappa shape index (κ1) is 13.8. The molecule has 0 amide bonds. The molecule has 15 heavy (non-hydrogen) atoms. The van der Waals surface area contributed by atoms with Gasteiger partial charge in [-0.1, -0.05) is 0 Å². The number of hydrogen-bond acceptors (Lipinski definition) is 4. The van der Waals surface area contributed by atoms with Gasteiger partial charge in [0.1, 0.15) is 0 Å². The van der Waals surface area contributed by atoms with E-state index in [-0.39, 0.29) is 19.6 Å². The fourth-order valence-corrected chi connectivity index (χ4v) is 0.849. The lowest BCUT2D eigenvalue weighted by atomic mass is 10.2. The van der Waals surface area contributed by atoms with Crippen LogP contribution in [-0.2, 0) is 19.1 Å². The molecule has 0 spiro atoms. The standard InChI is InChI=1S/C9H14F2O4/c1-3-14-8(13)9(10,11)5-4-6-15-7(2)12/h3-6H2,1-2H3. The average Bonchev–Trinajstić information content (AvgIpc) is 2.12. The van der Waals surface area contributed by atoms with Crippen molar-refractivity contribution in [1.29, 1.82) is 0 Å². The maximum atomic E-state index is 12.9. The highest BCUT2D eigenvalue weighted by molar-refractivity contribution is 5.77. The molecular formula is C9H14F2O4. The summed E-state index contributed by atoms with van der Waals surface area (Å²) in [4.78, 5) is 21.0. The summed E-state index contributed by atoms with van der Waals surface area (Å²) in [6, 6.07) is 0. The number of alkyl halides is 2. The van der Waals surface area contributed by atoms with Crippen molar-refractivity contribution in [3.8, 4) is 0 Å². The molecular weight excluding hydrogens is 210 g/mol. The van der Waals surface area contributed by atoms with E-state index in [0.717, 1.165) is 0 Å². The van der Waals surface area contributed by atoms with Gasteiger partial charge >= 0.3 is 17.9 Å². The first-order valence-electron chi connectivity index (χ1n) is 4.58. The number of esters is 2. The topological polar surface area (TPSA) is 52.6 Å². The van der Waals surface area contributed by atoms with Gasteiger partial charge in [-0.05, 0) is 13.3 Å². The predicted molar refractivity (Wildman–Crippen MR) is 47.4 cm³/mol. The molecule has 6 heteroatoms. The van der Waals surface area contributed by atoms with Crippen LogP contribution in [0.1, 0.15) is 26.7 Å². The highest BCUT2D eigenvalue weighted by Gasteiger charge is 2.39. The molecule has 0 aliphatic rings. The van der Waals surface area contributed by atoms with E-state index >= 15 is 0 Å². The van der Waals surface area contributed by atoms with Crippen molar-refractivity contribution >= 4 is 11.9 Å². The van der Waals surface area contributed by atoms with E-state index in [1.165, 1.54) is 13.8 Å². The van der Waals surface area contributed by atoms with Gasteiger partial charge in [-0.25, -0.2) is 4.79 Å². The lowest BCUT2D eigenvalue weighted by molar-refractivity contribution is -0.172. The summed E-state index contributed by atoms with van der Waals surface area (Å²) >= 11 is 0. The molecule has 88 valence electrons. The monoisotopic (exact) mass is 224 g/mol. The number of halogens is 2. The number of carbonyl (C=O) groups excluding carboxylic acids is 2. The molecule has 0 rings (SSSR count). The number of carbonyl (C=O) groups is 2. The van der Waals surface area contributed by atoms with Gasteiger partial charge in [0.05, 0.1) is 13.2 Å². The molecule has 0 aromatic heterocycles. The van der Waals surface area contributed by atoms with Crippen molar-refractivity contribution < 1.29 is 27.8 Å². The van der Waals surface area contributed by atoms with Crippen molar-refractivity contribution in [2.45, 2.75) is 32.6 Å². The van der Waals surface area contributed by atoms with Crippen molar-refractivity contribution in [3.05, 3.63) is 0 Å². The van der Waals surface area contributed by atoms with Gasteiger partial charge in [0.2, 0.25) is 0 Å². The SMILES string of the molecule is CCOC(=O)C(F)(F)CCCOC(C)=O. The molecule has 0 aliphatic heterocycles. The van der Waals surface area contributed by atoms with Gasteiger partial charge in [-0.15, -0.1) is 0 Å². The zero-order chi connectivity index (χ0) is 11.9. The summed E-state index contributed by atoms with van der Waals surface area (Å²) in [5.74, 6) is -5.57. The molecule has 0 bridgehead atoms. The van der Waals surface area contributed by atoms with Crippen molar-refractivity contribution in [3.63, 3.8) is 0 Å². The quantitative estimate of drug-likeness (QED) is 0.507. The third kappa shape index (κ3) is 5.98. The van der Waals surface area contributed by atoms with E-state index in [2.05, 4.69) is 9.47 Å². The van der Waals surface area contributed by atoms with Crippen LogP contribution in [0.5, 0.6) is 0 Å². The van der Waals surface area contributed by atoms with E-state index in [1.807, 2.05) is 0 Å². The lowest BCUT2D eigenvalue weighted by Crippen LogP contribution is -2.31. The molecule has 0 saturated heterocycles. The summed E-state index contributed by atoms with van der Waals surface area (Å²) in [6.45, 7) is 2.43. The Balaban J connectivity index is 3.82. The largest absolute Gasteiger partial charge is 0.466 e. The second-order valence-electron chi connectivity index (χ2n) is 2.87. The molecule has 0 aromatic carbocycles. The van der Waals surface area contributed by atoms with Gasteiger partial charge in [0, 0.05) is 13.3 Å². The second kappa shape index (κ2) is 6.31. The minimum absolute atomic E-state index is 0.0780. The van der Waals surface area contributed by atoms with Gasteiger partial charge in [0.25, 0.3) is 0 Å². The Morgan fingerprint density at radius 2 is 1.87 bits per heavy atom. The van der Waals surface area contributed by atoms with Crippen LogP contribution in [0, 0.1) is 0 Å². The van der Waals surface area contributed by atoms with Crippen LogP contribution in [0.25, 0.3) is 0 Å². The zero-order valence-corrected chi connectivity index (χ0v) is 8.72. The third-order valence-corrected chi connectivity index (χ3v) is 1.51. The Morgan fingerprint density at radius 1 is 1.27 bits per heavy atom. The zero-order valence-electron chi connectivity index (χ0n) is 8.72. The Hall–Kier alpha value is -1.20. The minimum atomic E-state index is -3.50. The Bertz CT molecular complexity index is 228. The number of rotatable bonds is 6. The molecule has 0 aromatic rings. The Kier molecular flexibility index (Phi) is 5.81. The fourth-order valence-electron chi connectivity index (χ4n) is 0.849. The first-order valence-corrected chi connectivity index (χ1v) is 4.58. The number of hydrogen-bond donors (Lipinski definition) is 0. The van der Waals surface area contributed by atoms with Crippen molar-refractivity contribution in [2.24, 2.45) is 0 Å². The highest BCUT2D eigenvalue weighted by atomic mass is 19.3. The molecule has 4 nitrogen and oxygen atoms in total.